The molecule has 3 N–H and O–H groups in total. The van der Waals surface area contributed by atoms with E-state index in [0.29, 0.717) is 22.9 Å². The van der Waals surface area contributed by atoms with Gasteiger partial charge in [-0.05, 0) is 43.3 Å². The molecule has 0 aromatic heterocycles. The van der Waals surface area contributed by atoms with Crippen LogP contribution in [0, 0.1) is 0 Å². The maximum Gasteiger partial charge on any atom is 0.242 e. The Morgan fingerprint density at radius 3 is 2.17 bits per heavy atom. The molecule has 0 aliphatic carbocycles. The van der Waals surface area contributed by atoms with Gasteiger partial charge in [0.1, 0.15) is 11.5 Å². The molecule has 0 saturated carbocycles. The van der Waals surface area contributed by atoms with Crippen molar-refractivity contribution >= 4 is 33.2 Å². The maximum absolute atomic E-state index is 12.5. The van der Waals surface area contributed by atoms with Crippen LogP contribution in [0.15, 0.2) is 47.4 Å². The fourth-order valence-electron chi connectivity index (χ4n) is 2.43. The zero-order valence-corrected chi connectivity index (χ0v) is 17.3. The summed E-state index contributed by atoms with van der Waals surface area (Å²) in [4.78, 5) is 23.5. The van der Waals surface area contributed by atoms with Gasteiger partial charge < -0.3 is 20.1 Å². The van der Waals surface area contributed by atoms with Gasteiger partial charge in [-0.2, -0.15) is 4.72 Å². The Bertz CT molecular complexity index is 990. The van der Waals surface area contributed by atoms with Crippen molar-refractivity contribution in [3.05, 3.63) is 42.5 Å². The van der Waals surface area contributed by atoms with E-state index in [0.717, 1.165) is 0 Å². The van der Waals surface area contributed by atoms with Gasteiger partial charge in [0.05, 0.1) is 30.8 Å². The fraction of sp³-hybridized carbons (Fsp3) is 0.263. The van der Waals surface area contributed by atoms with E-state index in [4.69, 9.17) is 9.47 Å². The van der Waals surface area contributed by atoms with Crippen LogP contribution in [0.5, 0.6) is 11.5 Å². The Morgan fingerprint density at radius 1 is 0.966 bits per heavy atom. The quantitative estimate of drug-likeness (QED) is 0.599. The molecule has 0 saturated heterocycles. The average Bonchev–Trinajstić information content (AvgIpc) is 2.67. The summed E-state index contributed by atoms with van der Waals surface area (Å²) in [5, 5.41) is 5.17. The van der Waals surface area contributed by atoms with Crippen molar-refractivity contribution in [2.45, 2.75) is 24.8 Å². The number of benzene rings is 2. The molecular formula is C19H23N3O6S. The summed E-state index contributed by atoms with van der Waals surface area (Å²) in [6.45, 7) is 2.77. The van der Waals surface area contributed by atoms with E-state index in [1.54, 1.807) is 18.2 Å². The third kappa shape index (κ3) is 5.93. The second-order valence-corrected chi connectivity index (χ2v) is 7.82. The van der Waals surface area contributed by atoms with Crippen molar-refractivity contribution in [3.8, 4) is 11.5 Å². The minimum atomic E-state index is -3.95. The summed E-state index contributed by atoms with van der Waals surface area (Å²) in [5.41, 5.74) is 0.815. The first-order valence-corrected chi connectivity index (χ1v) is 10.1. The summed E-state index contributed by atoms with van der Waals surface area (Å²) in [6, 6.07) is 9.39. The summed E-state index contributed by atoms with van der Waals surface area (Å²) in [7, 11) is -1.01. The summed E-state index contributed by atoms with van der Waals surface area (Å²) < 4.78 is 37.7. The third-order valence-corrected chi connectivity index (χ3v) is 5.43. The lowest BCUT2D eigenvalue weighted by Gasteiger charge is -2.16. The zero-order valence-electron chi connectivity index (χ0n) is 16.5. The topological polar surface area (TPSA) is 123 Å². The van der Waals surface area contributed by atoms with Crippen molar-refractivity contribution in [1.82, 2.24) is 4.72 Å². The minimum Gasteiger partial charge on any atom is -0.497 e. The first kappa shape index (κ1) is 22.2. The number of carbonyl (C=O) groups excluding carboxylic acids is 2. The molecule has 1 atom stereocenters. The highest BCUT2D eigenvalue weighted by atomic mass is 32.2. The van der Waals surface area contributed by atoms with Crippen molar-refractivity contribution in [1.29, 1.82) is 0 Å². The molecule has 2 rings (SSSR count). The normalized spacial score (nSPS) is 12.0. The lowest BCUT2D eigenvalue weighted by atomic mass is 10.2. The third-order valence-electron chi connectivity index (χ3n) is 3.87. The van der Waals surface area contributed by atoms with Gasteiger partial charge in [0, 0.05) is 18.7 Å². The molecule has 2 amide bonds. The Kier molecular flexibility index (Phi) is 7.18. The van der Waals surface area contributed by atoms with Crippen LogP contribution in [0.3, 0.4) is 0 Å². The van der Waals surface area contributed by atoms with Crippen LogP contribution in [-0.4, -0.2) is 40.5 Å². The van der Waals surface area contributed by atoms with Gasteiger partial charge in [0.2, 0.25) is 21.8 Å². The van der Waals surface area contributed by atoms with Crippen molar-refractivity contribution in [3.63, 3.8) is 0 Å². The van der Waals surface area contributed by atoms with Crippen LogP contribution in [0.25, 0.3) is 0 Å². The Hall–Kier alpha value is -3.11. The number of anilines is 2. The molecule has 0 spiro atoms. The van der Waals surface area contributed by atoms with E-state index in [-0.39, 0.29) is 10.8 Å². The Balaban J connectivity index is 2.11. The minimum absolute atomic E-state index is 0.0368. The number of carbonyl (C=O) groups is 2. The van der Waals surface area contributed by atoms with Gasteiger partial charge in [-0.1, -0.05) is 0 Å². The highest BCUT2D eigenvalue weighted by Gasteiger charge is 2.23. The number of rotatable bonds is 8. The second-order valence-electron chi connectivity index (χ2n) is 6.10. The van der Waals surface area contributed by atoms with E-state index in [1.807, 2.05) is 0 Å². The molecule has 0 heterocycles. The van der Waals surface area contributed by atoms with Crippen LogP contribution in [-0.2, 0) is 19.6 Å². The molecule has 0 radical (unpaired) electrons. The van der Waals surface area contributed by atoms with Gasteiger partial charge in [0.15, 0.2) is 0 Å². The Labute approximate surface area is 169 Å². The summed E-state index contributed by atoms with van der Waals surface area (Å²) in [5.74, 6) is 0.0725. The molecule has 10 heteroatoms. The number of amides is 2. The highest BCUT2D eigenvalue weighted by molar-refractivity contribution is 7.89. The smallest absolute Gasteiger partial charge is 0.242 e. The number of hydrogen-bond acceptors (Lipinski definition) is 6. The van der Waals surface area contributed by atoms with E-state index in [9.17, 15) is 18.0 Å². The highest BCUT2D eigenvalue weighted by Crippen LogP contribution is 2.29. The van der Waals surface area contributed by atoms with Crippen molar-refractivity contribution in [2.75, 3.05) is 24.9 Å². The van der Waals surface area contributed by atoms with E-state index >= 15 is 0 Å². The van der Waals surface area contributed by atoms with E-state index < -0.39 is 22.0 Å². The van der Waals surface area contributed by atoms with Crippen LogP contribution < -0.4 is 24.8 Å². The molecule has 2 aromatic rings. The molecule has 2 aromatic carbocycles. The second kappa shape index (κ2) is 9.39. The van der Waals surface area contributed by atoms with E-state index in [1.165, 1.54) is 52.3 Å². The molecule has 29 heavy (non-hydrogen) atoms. The van der Waals surface area contributed by atoms with Gasteiger partial charge in [-0.25, -0.2) is 8.42 Å². The van der Waals surface area contributed by atoms with Crippen molar-refractivity contribution < 1.29 is 27.5 Å². The SMILES string of the molecule is COc1ccc(OC)c(NC(=O)[C@H](C)NS(=O)(=O)c2ccc(NC(C)=O)cc2)c1. The number of methoxy groups -OCH3 is 2. The van der Waals surface area contributed by atoms with Crippen LogP contribution in [0.4, 0.5) is 11.4 Å². The standard InChI is InChI=1S/C19H23N3O6S/c1-12(19(24)21-17-11-15(27-3)7-10-18(17)28-4)22-29(25,26)16-8-5-14(6-9-16)20-13(2)23/h5-12,22H,1-4H3,(H,20,23)(H,21,24)/t12-/m0/s1. The average molecular weight is 421 g/mol. The first-order valence-electron chi connectivity index (χ1n) is 8.59. The van der Waals surface area contributed by atoms with Crippen LogP contribution in [0.1, 0.15) is 13.8 Å². The molecule has 0 bridgehead atoms. The molecule has 0 aliphatic heterocycles. The lowest BCUT2D eigenvalue weighted by Crippen LogP contribution is -2.41. The van der Waals surface area contributed by atoms with E-state index in [2.05, 4.69) is 15.4 Å². The molecule has 9 nitrogen and oxygen atoms in total. The number of nitrogens with one attached hydrogen (secondary N) is 3. The Morgan fingerprint density at radius 2 is 1.62 bits per heavy atom. The molecule has 0 fully saturated rings. The lowest BCUT2D eigenvalue weighted by molar-refractivity contribution is -0.117. The van der Waals surface area contributed by atoms with Gasteiger partial charge >= 0.3 is 0 Å². The van der Waals surface area contributed by atoms with Crippen molar-refractivity contribution in [2.24, 2.45) is 0 Å². The molecule has 0 unspecified atom stereocenters. The van der Waals surface area contributed by atoms with Crippen LogP contribution >= 0.6 is 0 Å². The van der Waals surface area contributed by atoms with Gasteiger partial charge in [0.25, 0.3) is 0 Å². The number of hydrogen-bond donors (Lipinski definition) is 3. The molecule has 0 aliphatic rings. The molecular weight excluding hydrogens is 398 g/mol. The predicted molar refractivity (Wildman–Crippen MR) is 109 cm³/mol. The number of ether oxygens (including phenoxy) is 2. The van der Waals surface area contributed by atoms with Gasteiger partial charge in [-0.3, -0.25) is 9.59 Å². The predicted octanol–water partition coefficient (Wildman–Crippen LogP) is 1.97. The molecule has 156 valence electrons. The number of sulfonamides is 1. The zero-order chi connectivity index (χ0) is 21.6. The first-order chi connectivity index (χ1) is 13.7. The summed E-state index contributed by atoms with van der Waals surface area (Å²) in [6.07, 6.45) is 0. The maximum atomic E-state index is 12.5. The largest absolute Gasteiger partial charge is 0.497 e. The van der Waals surface area contributed by atoms with Crippen LogP contribution in [0.2, 0.25) is 0 Å². The monoisotopic (exact) mass is 421 g/mol. The summed E-state index contributed by atoms with van der Waals surface area (Å²) >= 11 is 0. The van der Waals surface area contributed by atoms with Gasteiger partial charge in [-0.15, -0.1) is 0 Å². The fourth-order valence-corrected chi connectivity index (χ4v) is 3.63.